The Labute approximate surface area is 218 Å². The van der Waals surface area contributed by atoms with E-state index in [1.54, 1.807) is 36.9 Å². The number of carbonyl (C=O) groups is 1. The van der Waals surface area contributed by atoms with Gasteiger partial charge in [0.25, 0.3) is 0 Å². The Morgan fingerprint density at radius 1 is 0.816 bits per heavy atom. The number of rotatable bonds is 4. The van der Waals surface area contributed by atoms with Crippen LogP contribution in [-0.2, 0) is 4.79 Å². The maximum atomic E-state index is 13.5. The molecule has 0 saturated heterocycles. The fourth-order valence-electron chi connectivity index (χ4n) is 4.42. The summed E-state index contributed by atoms with van der Waals surface area (Å²) in [5.74, 6) is -0.350. The van der Waals surface area contributed by atoms with Crippen molar-refractivity contribution in [1.29, 1.82) is 0 Å². The van der Waals surface area contributed by atoms with Gasteiger partial charge in [-0.1, -0.05) is 39.0 Å². The predicted molar refractivity (Wildman–Crippen MR) is 148 cm³/mol. The highest BCUT2D eigenvalue weighted by atomic mass is 19.1. The van der Waals surface area contributed by atoms with Crippen molar-refractivity contribution in [3.63, 3.8) is 0 Å². The zero-order chi connectivity index (χ0) is 26.4. The van der Waals surface area contributed by atoms with Crippen LogP contribution in [0.15, 0.2) is 79.4 Å². The lowest BCUT2D eigenvalue weighted by molar-refractivity contribution is -0.123. The highest BCUT2D eigenvalue weighted by Crippen LogP contribution is 2.35. The average Bonchev–Trinajstić information content (AvgIpc) is 3.52. The fourth-order valence-corrected chi connectivity index (χ4v) is 4.42. The lowest BCUT2D eigenvalue weighted by Crippen LogP contribution is -2.27. The van der Waals surface area contributed by atoms with Gasteiger partial charge in [-0.3, -0.25) is 19.9 Å². The summed E-state index contributed by atoms with van der Waals surface area (Å²) in [5.41, 5.74) is 7.12. The van der Waals surface area contributed by atoms with Gasteiger partial charge in [0.15, 0.2) is 0 Å². The molecule has 38 heavy (non-hydrogen) atoms. The summed E-state index contributed by atoms with van der Waals surface area (Å²) in [6.45, 7) is 5.62. The molecule has 6 aromatic rings. The first-order chi connectivity index (χ1) is 18.3. The number of nitrogens with zero attached hydrogens (tertiary/aromatic N) is 3. The van der Waals surface area contributed by atoms with Crippen molar-refractivity contribution in [1.82, 2.24) is 25.1 Å². The van der Waals surface area contributed by atoms with Crippen LogP contribution in [0.25, 0.3) is 55.4 Å². The molecule has 0 aliphatic carbocycles. The lowest BCUT2D eigenvalue weighted by Gasteiger charge is -2.17. The number of hydrogen-bond donors (Lipinski definition) is 3. The molecule has 0 unspecified atom stereocenters. The van der Waals surface area contributed by atoms with E-state index < -0.39 is 5.41 Å². The molecule has 6 rings (SSSR count). The summed E-state index contributed by atoms with van der Waals surface area (Å²) >= 11 is 0. The minimum absolute atomic E-state index is 0.0719. The largest absolute Gasteiger partial charge is 0.352 e. The van der Waals surface area contributed by atoms with Crippen LogP contribution in [0, 0.1) is 11.2 Å². The van der Waals surface area contributed by atoms with Gasteiger partial charge in [0, 0.05) is 39.7 Å². The van der Waals surface area contributed by atoms with E-state index in [9.17, 15) is 9.18 Å². The first-order valence-corrected chi connectivity index (χ1v) is 12.2. The van der Waals surface area contributed by atoms with Crippen molar-refractivity contribution < 1.29 is 9.18 Å². The van der Waals surface area contributed by atoms with Gasteiger partial charge in [0.2, 0.25) is 5.91 Å². The molecule has 4 heterocycles. The molecule has 7 nitrogen and oxygen atoms in total. The predicted octanol–water partition coefficient (Wildman–Crippen LogP) is 6.96. The minimum atomic E-state index is -0.508. The van der Waals surface area contributed by atoms with Crippen LogP contribution in [0.5, 0.6) is 0 Å². The van der Waals surface area contributed by atoms with Gasteiger partial charge in [-0.25, -0.2) is 4.39 Å². The zero-order valence-electron chi connectivity index (χ0n) is 21.1. The number of fused-ring (bicyclic) bond motifs is 2. The number of carbonyl (C=O) groups excluding carboxylic acids is 1. The fraction of sp³-hybridized carbons (Fsp3) is 0.133. The highest BCUT2D eigenvalue weighted by molar-refractivity contribution is 6.01. The van der Waals surface area contributed by atoms with E-state index in [4.69, 9.17) is 0 Å². The Balaban J connectivity index is 1.39. The number of nitrogens with one attached hydrogen (secondary N) is 3. The summed E-state index contributed by atoms with van der Waals surface area (Å²) in [7, 11) is 0. The van der Waals surface area contributed by atoms with E-state index in [-0.39, 0.29) is 11.7 Å². The number of amides is 1. The average molecular weight is 505 g/mol. The number of pyridine rings is 2. The van der Waals surface area contributed by atoms with E-state index in [2.05, 4.69) is 36.5 Å². The second-order valence-corrected chi connectivity index (χ2v) is 10.3. The van der Waals surface area contributed by atoms with E-state index in [1.807, 2.05) is 45.0 Å². The van der Waals surface area contributed by atoms with Gasteiger partial charge >= 0.3 is 0 Å². The molecular weight excluding hydrogens is 479 g/mol. The van der Waals surface area contributed by atoms with E-state index in [0.717, 1.165) is 55.4 Å². The third-order valence-electron chi connectivity index (χ3n) is 6.53. The van der Waals surface area contributed by atoms with Gasteiger partial charge in [0.05, 0.1) is 34.8 Å². The maximum Gasteiger partial charge on any atom is 0.229 e. The molecule has 0 aliphatic heterocycles. The Bertz CT molecular complexity index is 1810. The first kappa shape index (κ1) is 23.5. The third-order valence-corrected chi connectivity index (χ3v) is 6.53. The van der Waals surface area contributed by atoms with E-state index in [1.165, 1.54) is 12.1 Å². The lowest BCUT2D eigenvalue weighted by atomic mass is 9.95. The molecule has 0 aliphatic rings. The summed E-state index contributed by atoms with van der Waals surface area (Å²) in [5, 5.41) is 12.6. The molecule has 8 heteroatoms. The summed E-state index contributed by atoms with van der Waals surface area (Å²) < 4.78 is 13.5. The molecule has 0 atom stereocenters. The molecule has 0 fully saturated rings. The van der Waals surface area contributed by atoms with E-state index >= 15 is 0 Å². The molecule has 1 amide bonds. The van der Waals surface area contributed by atoms with Crippen LogP contribution in [0.2, 0.25) is 0 Å². The van der Waals surface area contributed by atoms with Crippen molar-refractivity contribution >= 4 is 33.4 Å². The Morgan fingerprint density at radius 3 is 2.37 bits per heavy atom. The molecule has 0 saturated carbocycles. The molecule has 188 valence electrons. The number of H-pyrrole nitrogens is 2. The Morgan fingerprint density at radius 2 is 1.58 bits per heavy atom. The standard InChI is InChI=1S/C30H25FN6O/c1-30(2,3)29(38)34-21-10-19(13-32-14-21)18-6-9-25-23(11-18)28(37-36-25)26-12-22-24(15-33-16-27(22)35-26)17-4-7-20(31)8-5-17/h4-16,35H,1-3H3,(H,34,38)(H,36,37). The van der Waals surface area contributed by atoms with Crippen molar-refractivity contribution in [2.45, 2.75) is 20.8 Å². The van der Waals surface area contributed by atoms with Gasteiger partial charge in [-0.05, 0) is 47.5 Å². The molecule has 4 aromatic heterocycles. The first-order valence-electron chi connectivity index (χ1n) is 12.2. The third kappa shape index (κ3) is 4.30. The zero-order valence-corrected chi connectivity index (χ0v) is 21.1. The van der Waals surface area contributed by atoms with Crippen molar-refractivity contribution in [2.75, 3.05) is 5.32 Å². The monoisotopic (exact) mass is 504 g/mol. The quantitative estimate of drug-likeness (QED) is 0.242. The van der Waals surface area contributed by atoms with Gasteiger partial charge in [0.1, 0.15) is 11.5 Å². The van der Waals surface area contributed by atoms with Crippen molar-refractivity contribution in [3.8, 4) is 33.6 Å². The normalized spacial score (nSPS) is 11.8. The molecular formula is C30H25FN6O. The van der Waals surface area contributed by atoms with Gasteiger partial charge in [-0.2, -0.15) is 5.10 Å². The number of aromatic nitrogens is 5. The molecule has 2 aromatic carbocycles. The van der Waals surface area contributed by atoms with Crippen molar-refractivity contribution in [3.05, 3.63) is 85.2 Å². The molecule has 0 spiro atoms. The molecule has 3 N–H and O–H groups in total. The number of benzene rings is 2. The number of hydrogen-bond acceptors (Lipinski definition) is 4. The number of aromatic amines is 2. The second kappa shape index (κ2) is 8.92. The Kier molecular flexibility index (Phi) is 5.52. The second-order valence-electron chi connectivity index (χ2n) is 10.3. The van der Waals surface area contributed by atoms with Crippen LogP contribution < -0.4 is 5.32 Å². The minimum Gasteiger partial charge on any atom is -0.352 e. The maximum absolute atomic E-state index is 13.5. The van der Waals surface area contributed by atoms with Crippen LogP contribution in [0.1, 0.15) is 20.8 Å². The van der Waals surface area contributed by atoms with Gasteiger partial charge in [-0.15, -0.1) is 0 Å². The Hall–Kier alpha value is -4.85. The SMILES string of the molecule is CC(C)(C)C(=O)Nc1cncc(-c2ccc3[nH]nc(-c4cc5c(-c6ccc(F)cc6)cncc5[nH]4)c3c2)c1. The van der Waals surface area contributed by atoms with Crippen LogP contribution in [0.3, 0.4) is 0 Å². The van der Waals surface area contributed by atoms with Crippen LogP contribution in [0.4, 0.5) is 10.1 Å². The topological polar surface area (TPSA) is 99.3 Å². The van der Waals surface area contributed by atoms with E-state index in [0.29, 0.717) is 5.69 Å². The molecule has 0 radical (unpaired) electrons. The highest BCUT2D eigenvalue weighted by Gasteiger charge is 2.21. The summed E-state index contributed by atoms with van der Waals surface area (Å²) in [6.07, 6.45) is 6.98. The van der Waals surface area contributed by atoms with Crippen molar-refractivity contribution in [2.24, 2.45) is 5.41 Å². The molecule has 0 bridgehead atoms. The summed E-state index contributed by atoms with van der Waals surface area (Å²) in [6, 6.07) is 16.4. The van der Waals surface area contributed by atoms with Crippen LogP contribution >= 0.6 is 0 Å². The summed E-state index contributed by atoms with van der Waals surface area (Å²) in [4.78, 5) is 24.6. The smallest absolute Gasteiger partial charge is 0.229 e. The van der Waals surface area contributed by atoms with Crippen LogP contribution in [-0.4, -0.2) is 31.1 Å². The number of halogens is 1. The van der Waals surface area contributed by atoms with Gasteiger partial charge < -0.3 is 10.3 Å². The number of anilines is 1.